The Balaban J connectivity index is 1.50. The molecule has 1 unspecified atom stereocenters. The first kappa shape index (κ1) is 24.1. The van der Waals surface area contributed by atoms with Gasteiger partial charge in [-0.2, -0.15) is 8.78 Å². The van der Waals surface area contributed by atoms with Crippen molar-refractivity contribution in [2.24, 2.45) is 5.16 Å². The standard InChI is InChI=1S/C19H20F2N6O5S2/c20-18(21)32-25-11(10-8-34-19(22)23-10)14(28)24-12-15(29)27-13(17(30)31)9(7-33-16(12)27)6-26-4-2-1-3-5-26/h1-2,8,12,16,18H,3-7H2,(H2,22,23)(H,24,28)(H,30,31)/t12?,16-/m0/s1. The smallest absolute Gasteiger partial charge is 0.407 e. The van der Waals surface area contributed by atoms with Gasteiger partial charge in [-0.3, -0.25) is 19.4 Å². The number of thiazole rings is 1. The molecule has 0 saturated carbocycles. The van der Waals surface area contributed by atoms with E-state index in [1.54, 1.807) is 0 Å². The molecular formula is C19H20F2N6O5S2. The summed E-state index contributed by atoms with van der Waals surface area (Å²) < 4.78 is 25.0. The number of thioether (sulfide) groups is 1. The molecule has 0 bridgehead atoms. The number of aromatic nitrogens is 1. The number of amides is 2. The van der Waals surface area contributed by atoms with Crippen LogP contribution in [-0.4, -0.2) is 86.8 Å². The van der Waals surface area contributed by atoms with E-state index in [1.165, 1.54) is 17.1 Å². The van der Waals surface area contributed by atoms with E-state index in [9.17, 15) is 28.3 Å². The maximum Gasteiger partial charge on any atom is 0.407 e. The molecule has 4 heterocycles. The summed E-state index contributed by atoms with van der Waals surface area (Å²) in [5, 5.41) is 16.1. The quantitative estimate of drug-likeness (QED) is 0.197. The lowest BCUT2D eigenvalue weighted by Gasteiger charge is -2.49. The van der Waals surface area contributed by atoms with Crippen molar-refractivity contribution in [3.8, 4) is 0 Å². The zero-order valence-electron chi connectivity index (χ0n) is 17.5. The number of oxime groups is 1. The molecule has 3 aliphatic heterocycles. The van der Waals surface area contributed by atoms with Crippen molar-refractivity contribution < 1.29 is 33.1 Å². The van der Waals surface area contributed by atoms with Gasteiger partial charge in [-0.1, -0.05) is 17.3 Å². The monoisotopic (exact) mass is 514 g/mol. The Bertz CT molecular complexity index is 1090. The second-order valence-corrected chi connectivity index (χ2v) is 9.49. The first-order valence-corrected chi connectivity index (χ1v) is 12.0. The molecule has 1 saturated heterocycles. The van der Waals surface area contributed by atoms with E-state index in [1.807, 2.05) is 6.08 Å². The van der Waals surface area contributed by atoms with Gasteiger partial charge in [-0.25, -0.2) is 9.78 Å². The number of anilines is 1. The second-order valence-electron chi connectivity index (χ2n) is 7.49. The highest BCUT2D eigenvalue weighted by molar-refractivity contribution is 8.00. The summed E-state index contributed by atoms with van der Waals surface area (Å²) in [4.78, 5) is 48.6. The van der Waals surface area contributed by atoms with E-state index in [0.29, 0.717) is 24.4 Å². The summed E-state index contributed by atoms with van der Waals surface area (Å²) in [7, 11) is 0. The summed E-state index contributed by atoms with van der Waals surface area (Å²) >= 11 is 2.28. The Hall–Kier alpha value is -3.04. The third-order valence-electron chi connectivity index (χ3n) is 5.30. The van der Waals surface area contributed by atoms with Crippen molar-refractivity contribution in [3.63, 3.8) is 0 Å². The molecule has 3 aliphatic rings. The van der Waals surface area contributed by atoms with Crippen molar-refractivity contribution in [2.45, 2.75) is 24.4 Å². The predicted octanol–water partition coefficient (Wildman–Crippen LogP) is 0.669. The van der Waals surface area contributed by atoms with Crippen molar-refractivity contribution in [1.29, 1.82) is 0 Å². The highest BCUT2D eigenvalue weighted by Crippen LogP contribution is 2.40. The normalized spacial score (nSPS) is 23.1. The number of carboxylic acid groups (broad SMARTS) is 1. The highest BCUT2D eigenvalue weighted by atomic mass is 32.2. The zero-order valence-corrected chi connectivity index (χ0v) is 19.2. The number of nitrogens with two attached hydrogens (primary N) is 1. The van der Waals surface area contributed by atoms with Crippen molar-refractivity contribution in [3.05, 3.63) is 34.5 Å². The van der Waals surface area contributed by atoms with Gasteiger partial charge in [0.25, 0.3) is 11.8 Å². The van der Waals surface area contributed by atoms with E-state index in [4.69, 9.17) is 5.73 Å². The lowest BCUT2D eigenvalue weighted by Crippen LogP contribution is -2.71. The molecule has 0 radical (unpaired) electrons. The van der Waals surface area contributed by atoms with E-state index >= 15 is 0 Å². The largest absolute Gasteiger partial charge is 0.477 e. The minimum Gasteiger partial charge on any atom is -0.477 e. The molecule has 0 aliphatic carbocycles. The fourth-order valence-electron chi connectivity index (χ4n) is 3.81. The van der Waals surface area contributed by atoms with E-state index in [-0.39, 0.29) is 16.5 Å². The van der Waals surface area contributed by atoms with Crippen molar-refractivity contribution in [2.75, 3.05) is 31.1 Å². The molecule has 0 aromatic carbocycles. The molecule has 1 fully saturated rings. The second kappa shape index (κ2) is 10.1. The molecule has 2 atom stereocenters. The number of carbonyl (C=O) groups excluding carboxylic acids is 2. The number of rotatable bonds is 8. The first-order chi connectivity index (χ1) is 16.3. The number of carboxylic acids is 1. The number of fused-ring (bicyclic) bond motifs is 1. The minimum atomic E-state index is -3.27. The summed E-state index contributed by atoms with van der Waals surface area (Å²) in [5.74, 6) is -2.46. The van der Waals surface area contributed by atoms with Gasteiger partial charge in [0.15, 0.2) is 10.8 Å². The van der Waals surface area contributed by atoms with Crippen LogP contribution in [0.4, 0.5) is 13.9 Å². The summed E-state index contributed by atoms with van der Waals surface area (Å²) in [6.07, 6.45) is 4.94. The Morgan fingerprint density at radius 1 is 1.41 bits per heavy atom. The molecule has 1 aromatic heterocycles. The number of nitrogen functional groups attached to an aromatic ring is 1. The number of nitrogens with zero attached hydrogens (tertiary/aromatic N) is 4. The van der Waals surface area contributed by atoms with E-state index in [0.717, 1.165) is 29.2 Å². The van der Waals surface area contributed by atoms with Crippen LogP contribution in [0.15, 0.2) is 34.0 Å². The fourth-order valence-corrected chi connectivity index (χ4v) is 5.69. The van der Waals surface area contributed by atoms with Gasteiger partial charge in [0.2, 0.25) is 0 Å². The van der Waals surface area contributed by atoms with Crippen LogP contribution in [0.1, 0.15) is 12.1 Å². The lowest BCUT2D eigenvalue weighted by molar-refractivity contribution is -0.150. The number of halogens is 2. The molecule has 4 N–H and O–H groups in total. The van der Waals surface area contributed by atoms with Crippen LogP contribution in [0, 0.1) is 0 Å². The van der Waals surface area contributed by atoms with Crippen LogP contribution in [0.25, 0.3) is 0 Å². The summed E-state index contributed by atoms with van der Waals surface area (Å²) in [6.45, 7) is -1.37. The van der Waals surface area contributed by atoms with Gasteiger partial charge in [0.05, 0.1) is 0 Å². The maximum absolute atomic E-state index is 12.9. The SMILES string of the molecule is Nc1nc(C(=NOC(F)F)C(=O)NC2C(=O)N3C(C(=O)O)=C(CN4CC=CCC4)CS[C@@H]23)cs1. The third kappa shape index (κ3) is 4.90. The Morgan fingerprint density at radius 3 is 2.82 bits per heavy atom. The van der Waals surface area contributed by atoms with Gasteiger partial charge in [-0.15, -0.1) is 23.1 Å². The number of carbonyl (C=O) groups is 3. The predicted molar refractivity (Wildman–Crippen MR) is 120 cm³/mol. The Morgan fingerprint density at radius 2 is 2.21 bits per heavy atom. The number of nitrogens with one attached hydrogen (secondary N) is 1. The van der Waals surface area contributed by atoms with Crippen LogP contribution < -0.4 is 11.1 Å². The average Bonchev–Trinajstić information content (AvgIpc) is 3.23. The zero-order chi connectivity index (χ0) is 24.4. The molecule has 34 heavy (non-hydrogen) atoms. The van der Waals surface area contributed by atoms with Gasteiger partial charge in [-0.05, 0) is 12.0 Å². The number of hydrogen-bond donors (Lipinski definition) is 3. The highest BCUT2D eigenvalue weighted by Gasteiger charge is 2.54. The molecule has 1 aromatic rings. The van der Waals surface area contributed by atoms with Crippen LogP contribution in [0.2, 0.25) is 0 Å². The third-order valence-corrected chi connectivity index (χ3v) is 7.31. The summed E-state index contributed by atoms with van der Waals surface area (Å²) in [6, 6.07) is -1.07. The van der Waals surface area contributed by atoms with Crippen LogP contribution >= 0.6 is 23.1 Å². The topological polar surface area (TPSA) is 150 Å². The van der Waals surface area contributed by atoms with Gasteiger partial charge >= 0.3 is 12.6 Å². The van der Waals surface area contributed by atoms with E-state index in [2.05, 4.69) is 31.3 Å². The molecule has 4 rings (SSSR count). The molecule has 2 amide bonds. The summed E-state index contributed by atoms with van der Waals surface area (Å²) in [5.41, 5.74) is 5.41. The minimum absolute atomic E-state index is 0.0780. The molecule has 0 spiro atoms. The first-order valence-electron chi connectivity index (χ1n) is 10.1. The van der Waals surface area contributed by atoms with Crippen molar-refractivity contribution >= 4 is 51.7 Å². The molecule has 182 valence electrons. The number of hydrogen-bond acceptors (Lipinski definition) is 10. The lowest BCUT2D eigenvalue weighted by atomic mass is 10.0. The maximum atomic E-state index is 12.9. The van der Waals surface area contributed by atoms with Crippen LogP contribution in [-0.2, 0) is 19.2 Å². The number of alkyl halides is 2. The van der Waals surface area contributed by atoms with Gasteiger partial charge in [0.1, 0.15) is 22.8 Å². The average molecular weight is 515 g/mol. The van der Waals surface area contributed by atoms with Gasteiger partial charge < -0.3 is 21.0 Å². The van der Waals surface area contributed by atoms with Crippen molar-refractivity contribution in [1.82, 2.24) is 20.1 Å². The molecular weight excluding hydrogens is 494 g/mol. The van der Waals surface area contributed by atoms with E-state index < -0.39 is 41.5 Å². The van der Waals surface area contributed by atoms with Crippen LogP contribution in [0.5, 0.6) is 0 Å². The Kier molecular flexibility index (Phi) is 7.13. The Labute approximate surface area is 200 Å². The van der Waals surface area contributed by atoms with Gasteiger partial charge in [0, 0.05) is 30.8 Å². The number of β-lactam (4-membered cyclic amide) rings is 1. The molecule has 15 heteroatoms. The fraction of sp³-hybridized carbons (Fsp3) is 0.421. The van der Waals surface area contributed by atoms with Crippen LogP contribution in [0.3, 0.4) is 0 Å². The number of aliphatic carboxylic acids is 1. The molecule has 11 nitrogen and oxygen atoms in total.